The zero-order valence-electron chi connectivity index (χ0n) is 14.5. The number of nitrogens with zero attached hydrogens (tertiary/aromatic N) is 3. The molecule has 0 saturated carbocycles. The van der Waals surface area contributed by atoms with Gasteiger partial charge in [-0.05, 0) is 42.0 Å². The fourth-order valence-electron chi connectivity index (χ4n) is 2.85. The molecule has 0 fully saturated rings. The first-order valence-electron chi connectivity index (χ1n) is 8.39. The van der Waals surface area contributed by atoms with E-state index >= 15 is 0 Å². The summed E-state index contributed by atoms with van der Waals surface area (Å²) in [5, 5.41) is 10.1. The summed E-state index contributed by atoms with van der Waals surface area (Å²) in [5.41, 5.74) is 6.60. The summed E-state index contributed by atoms with van der Waals surface area (Å²) in [7, 11) is 0. The van der Waals surface area contributed by atoms with Gasteiger partial charge in [-0.15, -0.1) is 0 Å². The third-order valence-electron chi connectivity index (χ3n) is 4.23. The van der Waals surface area contributed by atoms with E-state index in [9.17, 15) is 13.2 Å². The number of anilines is 2. The van der Waals surface area contributed by atoms with Crippen LogP contribution in [0.15, 0.2) is 54.7 Å². The van der Waals surface area contributed by atoms with E-state index in [0.29, 0.717) is 23.3 Å². The summed E-state index contributed by atoms with van der Waals surface area (Å²) >= 11 is 0. The van der Waals surface area contributed by atoms with Gasteiger partial charge in [-0.1, -0.05) is 12.1 Å². The molecule has 0 amide bonds. The number of alkyl halides is 3. The highest BCUT2D eigenvalue weighted by Gasteiger charge is 2.35. The van der Waals surface area contributed by atoms with Crippen molar-refractivity contribution in [2.45, 2.75) is 12.7 Å². The van der Waals surface area contributed by atoms with Crippen molar-refractivity contribution in [3.8, 4) is 11.4 Å². The number of fused-ring (bicyclic) bond motifs is 1. The van der Waals surface area contributed by atoms with Gasteiger partial charge in [0.1, 0.15) is 11.5 Å². The summed E-state index contributed by atoms with van der Waals surface area (Å²) in [5.74, 6) is 0.273. The molecule has 0 spiro atoms. The zero-order valence-corrected chi connectivity index (χ0v) is 14.5. The maximum atomic E-state index is 13.6. The Morgan fingerprint density at radius 3 is 2.57 bits per heavy atom. The molecule has 3 aromatic heterocycles. The van der Waals surface area contributed by atoms with E-state index in [2.05, 4.69) is 25.5 Å². The third kappa shape index (κ3) is 3.39. The van der Waals surface area contributed by atoms with Crippen molar-refractivity contribution in [3.05, 3.63) is 65.9 Å². The number of rotatable bonds is 4. The molecule has 1 aromatic carbocycles. The molecule has 0 atom stereocenters. The molecule has 0 radical (unpaired) electrons. The van der Waals surface area contributed by atoms with Crippen molar-refractivity contribution in [1.29, 1.82) is 0 Å². The number of benzene rings is 1. The Hall–Kier alpha value is -3.46. The summed E-state index contributed by atoms with van der Waals surface area (Å²) in [6.45, 7) is 0.407. The van der Waals surface area contributed by atoms with E-state index in [-0.39, 0.29) is 21.5 Å². The minimum atomic E-state index is -4.57. The van der Waals surface area contributed by atoms with Crippen molar-refractivity contribution in [3.63, 3.8) is 0 Å². The van der Waals surface area contributed by atoms with Crippen LogP contribution in [0.1, 0.15) is 15.4 Å². The van der Waals surface area contributed by atoms with E-state index in [1.54, 1.807) is 24.3 Å². The molecule has 0 saturated heterocycles. The number of halogens is 3. The molecule has 0 aliphatic heterocycles. The van der Waals surface area contributed by atoms with Crippen molar-refractivity contribution in [2.75, 3.05) is 5.32 Å². The fraction of sp³-hybridized carbons (Fsp3) is 0.105. The molecule has 4 N–H and O–H groups in total. The molecule has 0 unspecified atom stereocenters. The summed E-state index contributed by atoms with van der Waals surface area (Å²) in [6.07, 6.45) is -3.04. The molecule has 4 aromatic rings. The van der Waals surface area contributed by atoms with Gasteiger partial charge in [0, 0.05) is 28.1 Å². The molecule has 9 heteroatoms. The van der Waals surface area contributed by atoms with Gasteiger partial charge in [0.2, 0.25) is 0 Å². The van der Waals surface area contributed by atoms with Crippen molar-refractivity contribution >= 4 is 22.5 Å². The maximum absolute atomic E-state index is 13.6. The number of H-pyrrole nitrogens is 1. The summed E-state index contributed by atoms with van der Waals surface area (Å²) < 4.78 is 40.7. The van der Waals surface area contributed by atoms with Crippen LogP contribution in [-0.2, 0) is 12.7 Å². The second-order valence-corrected chi connectivity index (χ2v) is 6.09. The van der Waals surface area contributed by atoms with Gasteiger partial charge in [0.15, 0.2) is 5.65 Å². The van der Waals surface area contributed by atoms with Gasteiger partial charge in [0.25, 0.3) is 0 Å². The smallest absolute Gasteiger partial charge is 0.340 e. The van der Waals surface area contributed by atoms with E-state index in [1.165, 1.54) is 12.3 Å². The third-order valence-corrected chi connectivity index (χ3v) is 4.23. The van der Waals surface area contributed by atoms with Crippen LogP contribution in [0.5, 0.6) is 0 Å². The minimum absolute atomic E-state index is 0. The summed E-state index contributed by atoms with van der Waals surface area (Å²) in [6, 6.07) is 12.8. The first-order chi connectivity index (χ1) is 13.5. The standard InChI is InChI=1S/C19H15F3N6.3H2/c20-19(21,22)14-7-8-15(25-12-5-3-11(10-23)4-6-12)26-17(14)16-13-2-1-9-24-18(13)28-27-16;;;/h1-9H,10,23H2,(H,25,26)(H,24,27,28);3*1H. The fourth-order valence-corrected chi connectivity index (χ4v) is 2.85. The van der Waals surface area contributed by atoms with E-state index in [1.807, 2.05) is 12.1 Å². The lowest BCUT2D eigenvalue weighted by Crippen LogP contribution is -2.10. The largest absolute Gasteiger partial charge is 0.418 e. The number of hydrogen-bond donors (Lipinski definition) is 3. The van der Waals surface area contributed by atoms with Crippen LogP contribution in [0.2, 0.25) is 0 Å². The minimum Gasteiger partial charge on any atom is -0.340 e. The molecule has 0 aliphatic rings. The number of aromatic amines is 1. The van der Waals surface area contributed by atoms with E-state index in [0.717, 1.165) is 11.6 Å². The molecule has 28 heavy (non-hydrogen) atoms. The van der Waals surface area contributed by atoms with Crippen LogP contribution in [0.4, 0.5) is 24.7 Å². The summed E-state index contributed by atoms with van der Waals surface area (Å²) in [4.78, 5) is 8.26. The molecule has 6 nitrogen and oxygen atoms in total. The Labute approximate surface area is 162 Å². The number of hydrogen-bond acceptors (Lipinski definition) is 5. The predicted octanol–water partition coefficient (Wildman–Crippen LogP) is 4.98. The Kier molecular flexibility index (Phi) is 4.44. The topological polar surface area (TPSA) is 92.5 Å². The Morgan fingerprint density at radius 1 is 1.07 bits per heavy atom. The SMILES string of the molecule is NCc1ccc(Nc2ccc(C(F)(F)F)c(-c3[nH]nc4ncccc34)n2)cc1.[HH].[HH].[HH]. The highest BCUT2D eigenvalue weighted by atomic mass is 19.4. The van der Waals surface area contributed by atoms with Gasteiger partial charge in [0.05, 0.1) is 11.3 Å². The highest BCUT2D eigenvalue weighted by molar-refractivity contribution is 5.90. The van der Waals surface area contributed by atoms with E-state index < -0.39 is 11.7 Å². The average molecular weight is 390 g/mol. The lowest BCUT2D eigenvalue weighted by molar-refractivity contribution is -0.137. The number of nitrogens with two attached hydrogens (primary N) is 1. The van der Waals surface area contributed by atoms with Crippen LogP contribution in [0, 0.1) is 0 Å². The lowest BCUT2D eigenvalue weighted by Gasteiger charge is -2.14. The average Bonchev–Trinajstić information content (AvgIpc) is 3.12. The second kappa shape index (κ2) is 6.93. The predicted molar refractivity (Wildman–Crippen MR) is 106 cm³/mol. The molecule has 0 bridgehead atoms. The molecular weight excluding hydrogens is 369 g/mol. The zero-order chi connectivity index (χ0) is 19.7. The van der Waals surface area contributed by atoms with Crippen molar-refractivity contribution in [2.24, 2.45) is 5.73 Å². The van der Waals surface area contributed by atoms with Gasteiger partial charge in [-0.25, -0.2) is 9.97 Å². The molecule has 4 rings (SSSR count). The Morgan fingerprint density at radius 2 is 1.86 bits per heavy atom. The molecule has 0 aliphatic carbocycles. The number of aromatic nitrogens is 4. The van der Waals surface area contributed by atoms with Crippen LogP contribution in [0.3, 0.4) is 0 Å². The van der Waals surface area contributed by atoms with Gasteiger partial charge < -0.3 is 11.1 Å². The van der Waals surface area contributed by atoms with Crippen LogP contribution >= 0.6 is 0 Å². The first kappa shape index (κ1) is 17.9. The monoisotopic (exact) mass is 390 g/mol. The highest BCUT2D eigenvalue weighted by Crippen LogP contribution is 2.38. The van der Waals surface area contributed by atoms with Crippen LogP contribution < -0.4 is 11.1 Å². The second-order valence-electron chi connectivity index (χ2n) is 6.09. The van der Waals surface area contributed by atoms with Crippen LogP contribution in [0.25, 0.3) is 22.4 Å². The molecule has 148 valence electrons. The number of pyridine rings is 2. The maximum Gasteiger partial charge on any atom is 0.418 e. The van der Waals surface area contributed by atoms with Gasteiger partial charge in [-0.2, -0.15) is 18.3 Å². The quantitative estimate of drug-likeness (QED) is 0.457. The molecule has 3 heterocycles. The van der Waals surface area contributed by atoms with Crippen LogP contribution in [-0.4, -0.2) is 20.2 Å². The van der Waals surface area contributed by atoms with Crippen molar-refractivity contribution < 1.29 is 17.5 Å². The van der Waals surface area contributed by atoms with Gasteiger partial charge >= 0.3 is 6.18 Å². The number of nitrogens with one attached hydrogen (secondary N) is 2. The Balaban J connectivity index is 0.00000160. The first-order valence-corrected chi connectivity index (χ1v) is 8.39. The Bertz CT molecular complexity index is 1130. The lowest BCUT2D eigenvalue weighted by atomic mass is 10.1. The van der Waals surface area contributed by atoms with Gasteiger partial charge in [-0.3, -0.25) is 5.10 Å². The molecular formula is C19H21F3N6. The normalized spacial score (nSPS) is 11.7. The van der Waals surface area contributed by atoms with E-state index in [4.69, 9.17) is 5.73 Å². The van der Waals surface area contributed by atoms with Crippen molar-refractivity contribution in [1.82, 2.24) is 20.2 Å².